The maximum atomic E-state index is 10.1. The summed E-state index contributed by atoms with van der Waals surface area (Å²) in [4.78, 5) is 4.41. The number of pyridine rings is 1. The SMILES string of the molecule is CC(C)Nc1cccc(C(O)CNC(C)(C)C)n1. The smallest absolute Gasteiger partial charge is 0.126 e. The van der Waals surface area contributed by atoms with Crippen molar-refractivity contribution in [3.05, 3.63) is 23.9 Å². The third-order valence-corrected chi connectivity index (χ3v) is 2.37. The summed E-state index contributed by atoms with van der Waals surface area (Å²) in [5.74, 6) is 0.803. The molecule has 0 aliphatic rings. The molecule has 102 valence electrons. The summed E-state index contributed by atoms with van der Waals surface area (Å²) in [5.41, 5.74) is 0.687. The van der Waals surface area contributed by atoms with Gasteiger partial charge in [-0.15, -0.1) is 0 Å². The minimum Gasteiger partial charge on any atom is -0.385 e. The van der Waals surface area contributed by atoms with Crippen LogP contribution in [-0.4, -0.2) is 28.2 Å². The first-order valence-corrected chi connectivity index (χ1v) is 6.44. The van der Waals surface area contributed by atoms with Crippen LogP contribution in [0.1, 0.15) is 46.4 Å². The molecule has 1 unspecified atom stereocenters. The molecule has 4 nitrogen and oxygen atoms in total. The van der Waals surface area contributed by atoms with Gasteiger partial charge in [-0.1, -0.05) is 6.07 Å². The first-order chi connectivity index (χ1) is 8.28. The van der Waals surface area contributed by atoms with Gasteiger partial charge in [0.05, 0.1) is 5.69 Å². The Kier molecular flexibility index (Phi) is 5.11. The van der Waals surface area contributed by atoms with Crippen molar-refractivity contribution in [2.45, 2.75) is 52.3 Å². The Hall–Kier alpha value is -1.13. The quantitative estimate of drug-likeness (QED) is 0.751. The number of nitrogens with one attached hydrogen (secondary N) is 2. The predicted octanol–water partition coefficient (Wildman–Crippen LogP) is 2.32. The first-order valence-electron chi connectivity index (χ1n) is 6.44. The minimum atomic E-state index is -0.585. The molecule has 4 heteroatoms. The van der Waals surface area contributed by atoms with Gasteiger partial charge in [-0.2, -0.15) is 0 Å². The number of aromatic nitrogens is 1. The maximum absolute atomic E-state index is 10.1. The van der Waals surface area contributed by atoms with E-state index in [0.717, 1.165) is 5.82 Å². The molecule has 0 saturated heterocycles. The number of hydrogen-bond acceptors (Lipinski definition) is 4. The van der Waals surface area contributed by atoms with Crippen molar-refractivity contribution in [3.63, 3.8) is 0 Å². The van der Waals surface area contributed by atoms with E-state index in [1.165, 1.54) is 0 Å². The van der Waals surface area contributed by atoms with Crippen LogP contribution in [0.3, 0.4) is 0 Å². The first kappa shape index (κ1) is 14.9. The van der Waals surface area contributed by atoms with Gasteiger partial charge in [-0.3, -0.25) is 0 Å². The van der Waals surface area contributed by atoms with Crippen LogP contribution in [0, 0.1) is 0 Å². The highest BCUT2D eigenvalue weighted by molar-refractivity contribution is 5.36. The molecule has 0 amide bonds. The van der Waals surface area contributed by atoms with Crippen molar-refractivity contribution in [2.24, 2.45) is 0 Å². The second-order valence-corrected chi connectivity index (χ2v) is 5.89. The van der Waals surface area contributed by atoms with Crippen molar-refractivity contribution < 1.29 is 5.11 Å². The minimum absolute atomic E-state index is 0.00519. The van der Waals surface area contributed by atoms with Crippen LogP contribution in [0.15, 0.2) is 18.2 Å². The van der Waals surface area contributed by atoms with Crippen molar-refractivity contribution in [1.29, 1.82) is 0 Å². The zero-order valence-electron chi connectivity index (χ0n) is 12.0. The number of rotatable bonds is 5. The van der Waals surface area contributed by atoms with Gasteiger partial charge in [0, 0.05) is 18.1 Å². The van der Waals surface area contributed by atoms with Gasteiger partial charge in [0.15, 0.2) is 0 Å². The summed E-state index contributed by atoms with van der Waals surface area (Å²) in [6.07, 6.45) is -0.585. The molecule has 1 aromatic heterocycles. The van der Waals surface area contributed by atoms with E-state index in [1.54, 1.807) is 0 Å². The Bertz CT molecular complexity index is 372. The summed E-state index contributed by atoms with van der Waals surface area (Å²) in [5, 5.41) is 16.6. The van der Waals surface area contributed by atoms with E-state index in [2.05, 4.69) is 50.2 Å². The van der Waals surface area contributed by atoms with Gasteiger partial charge in [-0.25, -0.2) is 4.98 Å². The molecule has 0 saturated carbocycles. The second-order valence-electron chi connectivity index (χ2n) is 5.89. The molecule has 1 rings (SSSR count). The van der Waals surface area contributed by atoms with Crippen LogP contribution < -0.4 is 10.6 Å². The molecular formula is C14H25N3O. The number of aliphatic hydroxyl groups excluding tert-OH is 1. The molecular weight excluding hydrogens is 226 g/mol. The molecule has 0 aromatic carbocycles. The van der Waals surface area contributed by atoms with Crippen LogP contribution in [-0.2, 0) is 0 Å². The lowest BCUT2D eigenvalue weighted by atomic mass is 10.1. The molecule has 1 heterocycles. The topological polar surface area (TPSA) is 57.2 Å². The van der Waals surface area contributed by atoms with E-state index in [0.29, 0.717) is 18.3 Å². The van der Waals surface area contributed by atoms with E-state index in [1.807, 2.05) is 18.2 Å². The lowest BCUT2D eigenvalue weighted by Gasteiger charge is -2.23. The lowest BCUT2D eigenvalue weighted by Crippen LogP contribution is -2.38. The van der Waals surface area contributed by atoms with Crippen molar-refractivity contribution >= 4 is 5.82 Å². The maximum Gasteiger partial charge on any atom is 0.126 e. The Morgan fingerprint density at radius 2 is 1.94 bits per heavy atom. The summed E-state index contributed by atoms with van der Waals surface area (Å²) < 4.78 is 0. The summed E-state index contributed by atoms with van der Waals surface area (Å²) in [6, 6.07) is 6.00. The molecule has 0 aliphatic carbocycles. The van der Waals surface area contributed by atoms with E-state index in [9.17, 15) is 5.11 Å². The van der Waals surface area contributed by atoms with E-state index < -0.39 is 6.10 Å². The Morgan fingerprint density at radius 1 is 1.28 bits per heavy atom. The molecule has 0 spiro atoms. The lowest BCUT2D eigenvalue weighted by molar-refractivity contribution is 0.159. The van der Waals surface area contributed by atoms with Crippen LogP contribution in [0.2, 0.25) is 0 Å². The summed E-state index contributed by atoms with van der Waals surface area (Å²) >= 11 is 0. The normalized spacial score (nSPS) is 13.7. The molecule has 1 aromatic rings. The molecule has 3 N–H and O–H groups in total. The number of hydrogen-bond donors (Lipinski definition) is 3. The average molecular weight is 251 g/mol. The van der Waals surface area contributed by atoms with Gasteiger partial charge >= 0.3 is 0 Å². The van der Waals surface area contributed by atoms with Crippen LogP contribution in [0.5, 0.6) is 0 Å². The number of aliphatic hydroxyl groups is 1. The van der Waals surface area contributed by atoms with Crippen molar-refractivity contribution in [1.82, 2.24) is 10.3 Å². The molecule has 1 atom stereocenters. The molecule has 18 heavy (non-hydrogen) atoms. The van der Waals surface area contributed by atoms with Crippen molar-refractivity contribution in [2.75, 3.05) is 11.9 Å². The van der Waals surface area contributed by atoms with Gasteiger partial charge in [0.2, 0.25) is 0 Å². The second kappa shape index (κ2) is 6.16. The molecule has 0 radical (unpaired) electrons. The predicted molar refractivity (Wildman–Crippen MR) is 75.7 cm³/mol. The van der Waals surface area contributed by atoms with Crippen LogP contribution in [0.25, 0.3) is 0 Å². The Labute approximate surface area is 110 Å². The van der Waals surface area contributed by atoms with Crippen molar-refractivity contribution in [3.8, 4) is 0 Å². The highest BCUT2D eigenvalue weighted by Crippen LogP contribution is 2.14. The van der Waals surface area contributed by atoms with Gasteiger partial charge in [0.25, 0.3) is 0 Å². The largest absolute Gasteiger partial charge is 0.385 e. The van der Waals surface area contributed by atoms with Gasteiger partial charge in [-0.05, 0) is 46.8 Å². The highest BCUT2D eigenvalue weighted by Gasteiger charge is 2.14. The fourth-order valence-electron chi connectivity index (χ4n) is 1.52. The molecule has 0 fully saturated rings. The monoisotopic (exact) mass is 251 g/mol. The Morgan fingerprint density at radius 3 is 2.50 bits per heavy atom. The van der Waals surface area contributed by atoms with Crippen LogP contribution >= 0.6 is 0 Å². The number of nitrogens with zero attached hydrogens (tertiary/aromatic N) is 1. The number of β-amino-alcohol motifs (C(OH)–C–C–N with tert-alkyl or cyclic N) is 1. The number of anilines is 1. The fourth-order valence-corrected chi connectivity index (χ4v) is 1.52. The summed E-state index contributed by atoms with van der Waals surface area (Å²) in [7, 11) is 0. The van der Waals surface area contributed by atoms with Gasteiger partial charge in [0.1, 0.15) is 11.9 Å². The molecule has 0 aliphatic heterocycles. The zero-order valence-corrected chi connectivity index (χ0v) is 12.0. The highest BCUT2D eigenvalue weighted by atomic mass is 16.3. The Balaban J connectivity index is 2.65. The van der Waals surface area contributed by atoms with Crippen LogP contribution in [0.4, 0.5) is 5.82 Å². The van der Waals surface area contributed by atoms with E-state index >= 15 is 0 Å². The van der Waals surface area contributed by atoms with E-state index in [4.69, 9.17) is 0 Å². The molecule has 0 bridgehead atoms. The zero-order chi connectivity index (χ0) is 13.8. The average Bonchev–Trinajstić information content (AvgIpc) is 2.24. The standard InChI is InChI=1S/C14H25N3O/c1-10(2)16-13-8-6-7-11(17-13)12(18)9-15-14(3,4)5/h6-8,10,12,15,18H,9H2,1-5H3,(H,16,17). The fraction of sp³-hybridized carbons (Fsp3) is 0.643. The van der Waals surface area contributed by atoms with E-state index in [-0.39, 0.29) is 5.54 Å². The summed E-state index contributed by atoms with van der Waals surface area (Å²) in [6.45, 7) is 10.8. The van der Waals surface area contributed by atoms with Gasteiger partial charge < -0.3 is 15.7 Å². The third kappa shape index (κ3) is 5.47. The third-order valence-electron chi connectivity index (χ3n) is 2.37.